The lowest BCUT2D eigenvalue weighted by atomic mass is 10.1. The Balaban J connectivity index is 2.56. The van der Waals surface area contributed by atoms with Crippen LogP contribution in [0.1, 0.15) is 43.0 Å². The third-order valence-electron chi connectivity index (χ3n) is 2.06. The number of rotatable bonds is 5. The number of hydrogen-bond donors (Lipinski definition) is 0. The number of hydrogen-bond acceptors (Lipinski definition) is 2. The Morgan fingerprint density at radius 2 is 2.14 bits per heavy atom. The summed E-state index contributed by atoms with van der Waals surface area (Å²) in [4.78, 5) is 11.5. The molecular weight excluding hydrogens is 176 g/mol. The highest BCUT2D eigenvalue weighted by Crippen LogP contribution is 2.13. The zero-order valence-corrected chi connectivity index (χ0v) is 8.80. The van der Waals surface area contributed by atoms with E-state index in [4.69, 9.17) is 4.42 Å². The van der Waals surface area contributed by atoms with Crippen molar-refractivity contribution >= 4 is 5.78 Å². The molecule has 0 spiro atoms. The number of furan rings is 1. The van der Waals surface area contributed by atoms with Crippen LogP contribution in [0.4, 0.5) is 0 Å². The molecule has 0 radical (unpaired) electrons. The van der Waals surface area contributed by atoms with Crippen molar-refractivity contribution in [1.82, 2.24) is 0 Å². The van der Waals surface area contributed by atoms with Crippen LogP contribution in [0.2, 0.25) is 0 Å². The highest BCUT2D eigenvalue weighted by atomic mass is 16.3. The van der Waals surface area contributed by atoms with E-state index in [1.165, 1.54) is 0 Å². The summed E-state index contributed by atoms with van der Waals surface area (Å²) < 4.78 is 5.35. The number of ketones is 1. The van der Waals surface area contributed by atoms with Gasteiger partial charge in [0.05, 0.1) is 0 Å². The third-order valence-corrected chi connectivity index (χ3v) is 2.06. The first-order chi connectivity index (χ1) is 6.63. The van der Waals surface area contributed by atoms with E-state index in [9.17, 15) is 4.79 Å². The Labute approximate surface area is 84.6 Å². The maximum Gasteiger partial charge on any atom is 0.198 e. The smallest absolute Gasteiger partial charge is 0.198 e. The first kappa shape index (κ1) is 10.8. The van der Waals surface area contributed by atoms with Crippen LogP contribution in [0.5, 0.6) is 0 Å². The molecule has 0 unspecified atom stereocenters. The summed E-state index contributed by atoms with van der Waals surface area (Å²) in [6.45, 7) is 7.68. The number of allylic oxidation sites excluding steroid dienone is 1. The van der Waals surface area contributed by atoms with Crippen molar-refractivity contribution in [3.8, 4) is 0 Å². The molecule has 1 aromatic heterocycles. The Hall–Kier alpha value is -1.31. The van der Waals surface area contributed by atoms with Gasteiger partial charge < -0.3 is 4.42 Å². The van der Waals surface area contributed by atoms with Crippen LogP contribution < -0.4 is 0 Å². The highest BCUT2D eigenvalue weighted by Gasteiger charge is 2.09. The molecule has 0 aliphatic rings. The summed E-state index contributed by atoms with van der Waals surface area (Å²) in [5.41, 5.74) is 1.03. The molecule has 0 amide bonds. The van der Waals surface area contributed by atoms with Crippen molar-refractivity contribution in [3.63, 3.8) is 0 Å². The molecule has 2 nitrogen and oxygen atoms in total. The molecule has 1 rings (SSSR count). The molecule has 0 saturated heterocycles. The van der Waals surface area contributed by atoms with Gasteiger partial charge in [-0.15, -0.1) is 6.58 Å². The second-order valence-corrected chi connectivity index (χ2v) is 3.50. The monoisotopic (exact) mass is 192 g/mol. The number of carbonyl (C=O) groups excluding carboxylic acids is 1. The van der Waals surface area contributed by atoms with Crippen molar-refractivity contribution < 1.29 is 9.21 Å². The quantitative estimate of drug-likeness (QED) is 0.528. The van der Waals surface area contributed by atoms with Gasteiger partial charge in [0.2, 0.25) is 0 Å². The van der Waals surface area contributed by atoms with Gasteiger partial charge in [0, 0.05) is 12.8 Å². The topological polar surface area (TPSA) is 30.2 Å². The normalized spacial score (nSPS) is 10.1. The minimum Gasteiger partial charge on any atom is -0.458 e. The molecule has 1 aromatic rings. The SMILES string of the molecule is C=C(C)CCC(=O)c1ccc(CC)o1. The van der Waals surface area contributed by atoms with E-state index < -0.39 is 0 Å². The van der Waals surface area contributed by atoms with Gasteiger partial charge in [0.15, 0.2) is 11.5 Å². The Bertz CT molecular complexity index is 334. The molecule has 0 fully saturated rings. The van der Waals surface area contributed by atoms with Gasteiger partial charge in [-0.25, -0.2) is 0 Å². The molecule has 1 heterocycles. The fraction of sp³-hybridized carbons (Fsp3) is 0.417. The number of carbonyl (C=O) groups is 1. The average Bonchev–Trinajstić information content (AvgIpc) is 2.62. The lowest BCUT2D eigenvalue weighted by Crippen LogP contribution is -1.96. The first-order valence-corrected chi connectivity index (χ1v) is 4.89. The number of aryl methyl sites for hydroxylation is 1. The van der Waals surface area contributed by atoms with Crippen molar-refractivity contribution in [2.75, 3.05) is 0 Å². The maximum absolute atomic E-state index is 11.5. The van der Waals surface area contributed by atoms with E-state index in [2.05, 4.69) is 6.58 Å². The fourth-order valence-electron chi connectivity index (χ4n) is 1.17. The Morgan fingerprint density at radius 1 is 1.43 bits per heavy atom. The van der Waals surface area contributed by atoms with Gasteiger partial charge in [0.25, 0.3) is 0 Å². The van der Waals surface area contributed by atoms with Crippen LogP contribution in [-0.4, -0.2) is 5.78 Å². The minimum atomic E-state index is 0.0627. The Kier molecular flexibility index (Phi) is 3.69. The minimum absolute atomic E-state index is 0.0627. The van der Waals surface area contributed by atoms with Crippen LogP contribution in [0.15, 0.2) is 28.7 Å². The van der Waals surface area contributed by atoms with E-state index in [1.54, 1.807) is 6.07 Å². The third kappa shape index (κ3) is 2.87. The van der Waals surface area contributed by atoms with Gasteiger partial charge in [-0.1, -0.05) is 12.5 Å². The second kappa shape index (κ2) is 4.80. The molecule has 0 aliphatic carbocycles. The van der Waals surface area contributed by atoms with Crippen molar-refractivity contribution in [1.29, 1.82) is 0 Å². The van der Waals surface area contributed by atoms with Crippen LogP contribution in [0.3, 0.4) is 0 Å². The summed E-state index contributed by atoms with van der Waals surface area (Å²) in [7, 11) is 0. The van der Waals surface area contributed by atoms with Crippen LogP contribution in [0, 0.1) is 0 Å². The Morgan fingerprint density at radius 3 is 2.64 bits per heavy atom. The largest absolute Gasteiger partial charge is 0.458 e. The zero-order valence-electron chi connectivity index (χ0n) is 8.80. The summed E-state index contributed by atoms with van der Waals surface area (Å²) in [6.07, 6.45) is 2.06. The standard InChI is InChI=1S/C12H16O2/c1-4-10-6-8-12(14-10)11(13)7-5-9(2)3/h6,8H,2,4-5,7H2,1,3H3. The average molecular weight is 192 g/mol. The van der Waals surface area contributed by atoms with Crippen LogP contribution in [0.25, 0.3) is 0 Å². The summed E-state index contributed by atoms with van der Waals surface area (Å²) >= 11 is 0. The lowest BCUT2D eigenvalue weighted by molar-refractivity contribution is 0.0954. The highest BCUT2D eigenvalue weighted by molar-refractivity contribution is 5.93. The summed E-state index contributed by atoms with van der Waals surface area (Å²) in [6, 6.07) is 3.60. The van der Waals surface area contributed by atoms with Crippen molar-refractivity contribution in [3.05, 3.63) is 35.8 Å². The van der Waals surface area contributed by atoms with E-state index in [1.807, 2.05) is 19.9 Å². The summed E-state index contributed by atoms with van der Waals surface area (Å²) in [5, 5.41) is 0. The molecule has 14 heavy (non-hydrogen) atoms. The van der Waals surface area contributed by atoms with Gasteiger partial charge in [-0.05, 0) is 25.5 Å². The maximum atomic E-state index is 11.5. The van der Waals surface area contributed by atoms with E-state index in [0.29, 0.717) is 12.2 Å². The van der Waals surface area contributed by atoms with E-state index in [-0.39, 0.29) is 5.78 Å². The molecule has 0 aliphatic heterocycles. The zero-order chi connectivity index (χ0) is 10.6. The molecule has 0 aromatic carbocycles. The van der Waals surface area contributed by atoms with Crippen LogP contribution in [-0.2, 0) is 6.42 Å². The molecule has 0 saturated carbocycles. The van der Waals surface area contributed by atoms with Crippen molar-refractivity contribution in [2.24, 2.45) is 0 Å². The predicted molar refractivity (Wildman–Crippen MR) is 56.5 cm³/mol. The molecular formula is C12H16O2. The molecule has 0 N–H and O–H groups in total. The molecule has 2 heteroatoms. The molecule has 76 valence electrons. The molecule has 0 bridgehead atoms. The van der Waals surface area contributed by atoms with Crippen LogP contribution >= 0.6 is 0 Å². The second-order valence-electron chi connectivity index (χ2n) is 3.50. The van der Waals surface area contributed by atoms with Gasteiger partial charge in [-0.3, -0.25) is 4.79 Å². The van der Waals surface area contributed by atoms with Gasteiger partial charge in [-0.2, -0.15) is 0 Å². The molecule has 0 atom stereocenters. The predicted octanol–water partition coefficient (Wildman–Crippen LogP) is 3.38. The number of Topliss-reactive ketones (excluding diaryl/α,β-unsaturated/α-hetero) is 1. The fourth-order valence-corrected chi connectivity index (χ4v) is 1.17. The first-order valence-electron chi connectivity index (χ1n) is 4.89. The lowest BCUT2D eigenvalue weighted by Gasteiger charge is -1.96. The van der Waals surface area contributed by atoms with Gasteiger partial charge in [0.1, 0.15) is 5.76 Å². The summed E-state index contributed by atoms with van der Waals surface area (Å²) in [5.74, 6) is 1.40. The van der Waals surface area contributed by atoms with E-state index in [0.717, 1.165) is 24.2 Å². The van der Waals surface area contributed by atoms with Gasteiger partial charge >= 0.3 is 0 Å². The van der Waals surface area contributed by atoms with Crippen molar-refractivity contribution in [2.45, 2.75) is 33.1 Å². The van der Waals surface area contributed by atoms with E-state index >= 15 is 0 Å².